The summed E-state index contributed by atoms with van der Waals surface area (Å²) in [4.78, 5) is 0. The Labute approximate surface area is 262 Å². The number of hydrogen-bond donors (Lipinski definition) is 0. The van der Waals surface area contributed by atoms with Gasteiger partial charge in [0, 0.05) is 5.41 Å². The Kier molecular flexibility index (Phi) is 4.88. The molecule has 9 aromatic carbocycles. The molecule has 0 aliphatic heterocycles. The van der Waals surface area contributed by atoms with Gasteiger partial charge in [0.25, 0.3) is 0 Å². The lowest BCUT2D eigenvalue weighted by Crippen LogP contribution is -2.15. The van der Waals surface area contributed by atoms with Gasteiger partial charge in [-0.1, -0.05) is 129 Å². The van der Waals surface area contributed by atoms with Crippen LogP contribution in [0.5, 0.6) is 0 Å². The molecule has 0 radical (unpaired) electrons. The number of benzene rings is 9. The smallest absolute Gasteiger partial charge is 0.0159 e. The maximum Gasteiger partial charge on any atom is 0.0159 e. The maximum absolute atomic E-state index is 2.48. The van der Waals surface area contributed by atoms with Gasteiger partial charge in [-0.05, 0) is 129 Å². The summed E-state index contributed by atoms with van der Waals surface area (Å²) in [6, 6.07) is 54.8. The van der Waals surface area contributed by atoms with Crippen molar-refractivity contribution in [3.05, 3.63) is 157 Å². The zero-order valence-corrected chi connectivity index (χ0v) is 25.4. The van der Waals surface area contributed by atoms with Gasteiger partial charge in [-0.15, -0.1) is 0 Å². The fourth-order valence-corrected chi connectivity index (χ4v) is 8.32. The topological polar surface area (TPSA) is 0 Å². The lowest BCUT2D eigenvalue weighted by atomic mass is 9.80. The minimum absolute atomic E-state index is 0.0849. The van der Waals surface area contributed by atoms with E-state index in [1.807, 2.05) is 0 Å². The van der Waals surface area contributed by atoms with Crippen LogP contribution in [0, 0.1) is 0 Å². The van der Waals surface area contributed by atoms with Crippen molar-refractivity contribution in [3.8, 4) is 33.4 Å². The molecule has 0 fully saturated rings. The van der Waals surface area contributed by atoms with Crippen molar-refractivity contribution >= 4 is 53.9 Å². The minimum atomic E-state index is -0.0849. The van der Waals surface area contributed by atoms with Crippen molar-refractivity contribution in [1.29, 1.82) is 0 Å². The van der Waals surface area contributed by atoms with Crippen molar-refractivity contribution in [2.75, 3.05) is 0 Å². The van der Waals surface area contributed by atoms with Crippen molar-refractivity contribution in [1.82, 2.24) is 0 Å². The predicted molar refractivity (Wildman–Crippen MR) is 194 cm³/mol. The Morgan fingerprint density at radius 3 is 1.73 bits per heavy atom. The molecule has 0 saturated heterocycles. The summed E-state index contributed by atoms with van der Waals surface area (Å²) >= 11 is 0. The monoisotopic (exact) mass is 570 g/mol. The number of hydrogen-bond acceptors (Lipinski definition) is 0. The van der Waals surface area contributed by atoms with E-state index in [0.717, 1.165) is 0 Å². The van der Waals surface area contributed by atoms with E-state index in [1.165, 1.54) is 98.4 Å². The minimum Gasteiger partial charge on any atom is -0.0619 e. The van der Waals surface area contributed by atoms with Crippen molar-refractivity contribution < 1.29 is 0 Å². The second-order valence-electron chi connectivity index (χ2n) is 13.4. The second-order valence-corrected chi connectivity index (χ2v) is 13.4. The van der Waals surface area contributed by atoms with Crippen LogP contribution in [-0.4, -0.2) is 0 Å². The highest BCUT2D eigenvalue weighted by Gasteiger charge is 2.37. The molecule has 0 unspecified atom stereocenters. The van der Waals surface area contributed by atoms with Crippen LogP contribution < -0.4 is 0 Å². The lowest BCUT2D eigenvalue weighted by molar-refractivity contribution is 0.661. The lowest BCUT2D eigenvalue weighted by Gasteiger charge is -2.23. The van der Waals surface area contributed by atoms with Crippen LogP contribution in [0.15, 0.2) is 146 Å². The highest BCUT2D eigenvalue weighted by Crippen LogP contribution is 2.54. The van der Waals surface area contributed by atoms with E-state index in [4.69, 9.17) is 0 Å². The van der Waals surface area contributed by atoms with Gasteiger partial charge in [-0.2, -0.15) is 0 Å². The third kappa shape index (κ3) is 3.43. The van der Waals surface area contributed by atoms with E-state index >= 15 is 0 Å². The van der Waals surface area contributed by atoms with Gasteiger partial charge in [0.1, 0.15) is 0 Å². The molecule has 0 saturated carbocycles. The maximum atomic E-state index is 2.48. The molecule has 0 aromatic heterocycles. The first-order chi connectivity index (χ1) is 22.0. The Morgan fingerprint density at radius 2 is 0.933 bits per heavy atom. The average Bonchev–Trinajstić information content (AvgIpc) is 3.31. The van der Waals surface area contributed by atoms with Gasteiger partial charge in [0.15, 0.2) is 0 Å². The third-order valence-electron chi connectivity index (χ3n) is 10.5. The summed E-state index contributed by atoms with van der Waals surface area (Å²) in [6.07, 6.45) is 0. The largest absolute Gasteiger partial charge is 0.0619 e. The zero-order valence-electron chi connectivity index (χ0n) is 25.4. The molecule has 0 heteroatoms. The molecule has 210 valence electrons. The predicted octanol–water partition coefficient (Wildman–Crippen LogP) is 12.5. The first-order valence-electron chi connectivity index (χ1n) is 15.9. The first-order valence-corrected chi connectivity index (χ1v) is 15.9. The molecule has 45 heavy (non-hydrogen) atoms. The van der Waals surface area contributed by atoms with Crippen LogP contribution in [-0.2, 0) is 5.41 Å². The molecule has 0 heterocycles. The summed E-state index contributed by atoms with van der Waals surface area (Å²) in [6.45, 7) is 4.77. The summed E-state index contributed by atoms with van der Waals surface area (Å²) in [7, 11) is 0. The van der Waals surface area contributed by atoms with E-state index in [0.29, 0.717) is 0 Å². The van der Waals surface area contributed by atoms with Crippen LogP contribution >= 0.6 is 0 Å². The molecule has 0 atom stereocenters. The Morgan fingerprint density at radius 1 is 0.356 bits per heavy atom. The summed E-state index contributed by atoms with van der Waals surface area (Å²) in [5.41, 5.74) is 10.6. The Balaban J connectivity index is 1.25. The van der Waals surface area contributed by atoms with Crippen molar-refractivity contribution in [2.24, 2.45) is 0 Å². The Bertz CT molecular complexity index is 2600. The van der Waals surface area contributed by atoms with Gasteiger partial charge in [0.2, 0.25) is 0 Å². The normalized spacial score (nSPS) is 13.7. The molecule has 0 amide bonds. The summed E-state index contributed by atoms with van der Waals surface area (Å²) < 4.78 is 0. The standard InChI is InChI=1S/C45H30/c1-45(2)39-13-6-5-12-38(39)44-40(45)26-36-23-31(20-21-37(36)43(44)34-17-14-27-8-3-4-9-30(27)22-34)35-24-32-18-15-28-10-7-11-29-16-19-33(25-35)42(32)41(28)29/h3-26H,1-2H3. The number of fused-ring (bicyclic) bond motifs is 5. The fraction of sp³-hybridized carbons (Fsp3) is 0.0667. The molecule has 1 aliphatic rings. The van der Waals surface area contributed by atoms with Crippen LogP contribution in [0.2, 0.25) is 0 Å². The van der Waals surface area contributed by atoms with E-state index in [2.05, 4.69) is 159 Å². The molecular weight excluding hydrogens is 540 g/mol. The summed E-state index contributed by atoms with van der Waals surface area (Å²) in [5, 5.41) is 13.1. The van der Waals surface area contributed by atoms with Gasteiger partial charge < -0.3 is 0 Å². The quantitative estimate of drug-likeness (QED) is 0.181. The zero-order chi connectivity index (χ0) is 29.9. The third-order valence-corrected chi connectivity index (χ3v) is 10.5. The van der Waals surface area contributed by atoms with Crippen molar-refractivity contribution in [3.63, 3.8) is 0 Å². The number of rotatable bonds is 2. The van der Waals surface area contributed by atoms with E-state index < -0.39 is 0 Å². The molecule has 0 nitrogen and oxygen atoms in total. The Hall–Kier alpha value is -5.46. The molecular formula is C45H30. The van der Waals surface area contributed by atoms with Crippen LogP contribution in [0.1, 0.15) is 25.0 Å². The van der Waals surface area contributed by atoms with Gasteiger partial charge in [-0.3, -0.25) is 0 Å². The van der Waals surface area contributed by atoms with Crippen LogP contribution in [0.25, 0.3) is 87.2 Å². The van der Waals surface area contributed by atoms with Gasteiger partial charge in [-0.25, -0.2) is 0 Å². The van der Waals surface area contributed by atoms with E-state index in [-0.39, 0.29) is 5.41 Å². The molecule has 1 aliphatic carbocycles. The molecule has 0 spiro atoms. The second kappa shape index (κ2) is 8.80. The average molecular weight is 571 g/mol. The van der Waals surface area contributed by atoms with E-state index in [1.54, 1.807) is 0 Å². The molecule has 0 N–H and O–H groups in total. The summed E-state index contributed by atoms with van der Waals surface area (Å²) in [5.74, 6) is 0. The molecule has 9 aromatic rings. The highest BCUT2D eigenvalue weighted by molar-refractivity contribution is 6.24. The highest BCUT2D eigenvalue weighted by atomic mass is 14.4. The van der Waals surface area contributed by atoms with Gasteiger partial charge in [0.05, 0.1) is 0 Å². The SMILES string of the molecule is CC1(C)c2ccccc2-c2c1cc1cc(-c3cc4ccc5cccc6ccc(c3)c4c56)ccc1c2-c1ccc2ccccc2c1. The molecule has 10 rings (SSSR count). The van der Waals surface area contributed by atoms with Crippen LogP contribution in [0.3, 0.4) is 0 Å². The van der Waals surface area contributed by atoms with Gasteiger partial charge >= 0.3 is 0 Å². The van der Waals surface area contributed by atoms with E-state index in [9.17, 15) is 0 Å². The fourth-order valence-electron chi connectivity index (χ4n) is 8.32. The van der Waals surface area contributed by atoms with Crippen LogP contribution in [0.4, 0.5) is 0 Å². The van der Waals surface area contributed by atoms with Crippen molar-refractivity contribution in [2.45, 2.75) is 19.3 Å². The molecule has 0 bridgehead atoms. The first kappa shape index (κ1) is 24.9.